The normalized spacial score (nSPS) is 12.4. The smallest absolute Gasteiger partial charge is 0.264 e. The molecule has 0 aliphatic heterocycles. The van der Waals surface area contributed by atoms with Crippen LogP contribution in [-0.4, -0.2) is 50.4 Å². The second-order valence-electron chi connectivity index (χ2n) is 10.6. The van der Waals surface area contributed by atoms with Gasteiger partial charge < -0.3 is 15.0 Å². The van der Waals surface area contributed by atoms with Crippen molar-refractivity contribution >= 4 is 27.5 Å². The number of aryl methyl sites for hydroxylation is 1. The minimum Gasteiger partial charge on any atom is -0.497 e. The first-order valence-electron chi connectivity index (χ1n) is 12.8. The van der Waals surface area contributed by atoms with Crippen molar-refractivity contribution in [1.29, 1.82) is 0 Å². The molecule has 0 spiro atoms. The average Bonchev–Trinajstić information content (AvgIpc) is 2.89. The van der Waals surface area contributed by atoms with Gasteiger partial charge in [0.15, 0.2) is 0 Å². The first kappa shape index (κ1) is 30.6. The number of nitrogens with one attached hydrogen (secondary N) is 1. The van der Waals surface area contributed by atoms with E-state index in [-0.39, 0.29) is 23.0 Å². The summed E-state index contributed by atoms with van der Waals surface area (Å²) in [5.41, 5.74) is 1.33. The molecule has 8 nitrogen and oxygen atoms in total. The molecule has 0 aromatic heterocycles. The monoisotopic (exact) mass is 569 g/mol. The highest BCUT2D eigenvalue weighted by atomic mass is 32.2. The summed E-state index contributed by atoms with van der Waals surface area (Å²) in [6, 6.07) is 17.2. The summed E-state index contributed by atoms with van der Waals surface area (Å²) in [6.45, 7) is 8.50. The van der Waals surface area contributed by atoms with E-state index in [1.165, 1.54) is 48.4 Å². The van der Waals surface area contributed by atoms with Crippen molar-refractivity contribution in [1.82, 2.24) is 10.2 Å². The van der Waals surface area contributed by atoms with Crippen molar-refractivity contribution in [3.05, 3.63) is 89.7 Å². The molecule has 0 saturated heterocycles. The number of carbonyl (C=O) groups is 2. The summed E-state index contributed by atoms with van der Waals surface area (Å²) in [5, 5.41) is 2.89. The quantitative estimate of drug-likeness (QED) is 0.383. The van der Waals surface area contributed by atoms with Crippen LogP contribution in [0.3, 0.4) is 0 Å². The van der Waals surface area contributed by atoms with E-state index in [9.17, 15) is 22.4 Å². The number of sulfonamides is 1. The number of hydrogen-bond acceptors (Lipinski definition) is 5. The Morgan fingerprint density at radius 3 is 2.17 bits per heavy atom. The lowest BCUT2D eigenvalue weighted by Gasteiger charge is -2.33. The fraction of sp³-hybridized carbons (Fsp3) is 0.333. The van der Waals surface area contributed by atoms with Gasteiger partial charge in [-0.3, -0.25) is 13.9 Å². The van der Waals surface area contributed by atoms with Crippen LogP contribution in [0.15, 0.2) is 77.7 Å². The topological polar surface area (TPSA) is 96.0 Å². The number of carbonyl (C=O) groups excluding carboxylic acids is 2. The van der Waals surface area contributed by atoms with E-state index in [1.54, 1.807) is 6.92 Å². The molecule has 1 N–H and O–H groups in total. The maximum Gasteiger partial charge on any atom is 0.264 e. The van der Waals surface area contributed by atoms with Gasteiger partial charge in [-0.05, 0) is 88.7 Å². The summed E-state index contributed by atoms with van der Waals surface area (Å²) >= 11 is 0. The first-order chi connectivity index (χ1) is 18.7. The van der Waals surface area contributed by atoms with Gasteiger partial charge in [-0.25, -0.2) is 12.8 Å². The molecule has 40 heavy (non-hydrogen) atoms. The average molecular weight is 570 g/mol. The molecule has 10 heteroatoms. The summed E-state index contributed by atoms with van der Waals surface area (Å²) in [4.78, 5) is 28.3. The van der Waals surface area contributed by atoms with Crippen molar-refractivity contribution < 1.29 is 27.1 Å². The van der Waals surface area contributed by atoms with Gasteiger partial charge in [0, 0.05) is 12.1 Å². The summed E-state index contributed by atoms with van der Waals surface area (Å²) in [6.07, 6.45) is 0. The second kappa shape index (κ2) is 12.5. The highest BCUT2D eigenvalue weighted by Crippen LogP contribution is 2.26. The van der Waals surface area contributed by atoms with Crippen LogP contribution in [0.2, 0.25) is 0 Å². The number of methoxy groups -OCH3 is 1. The number of anilines is 1. The molecule has 0 aliphatic carbocycles. The van der Waals surface area contributed by atoms with Crippen LogP contribution >= 0.6 is 0 Å². The van der Waals surface area contributed by atoms with Crippen LogP contribution in [0.5, 0.6) is 5.75 Å². The van der Waals surface area contributed by atoms with E-state index in [0.29, 0.717) is 5.75 Å². The highest BCUT2D eigenvalue weighted by molar-refractivity contribution is 7.92. The lowest BCUT2D eigenvalue weighted by molar-refractivity contribution is -0.140. The third-order valence-corrected chi connectivity index (χ3v) is 7.93. The fourth-order valence-corrected chi connectivity index (χ4v) is 5.49. The fourth-order valence-electron chi connectivity index (χ4n) is 4.07. The molecule has 0 heterocycles. The largest absolute Gasteiger partial charge is 0.497 e. The van der Waals surface area contributed by atoms with E-state index in [2.05, 4.69) is 5.32 Å². The van der Waals surface area contributed by atoms with E-state index >= 15 is 0 Å². The van der Waals surface area contributed by atoms with Crippen LogP contribution in [0.1, 0.15) is 38.8 Å². The van der Waals surface area contributed by atoms with E-state index < -0.39 is 39.9 Å². The van der Waals surface area contributed by atoms with E-state index in [4.69, 9.17) is 4.74 Å². The molecule has 0 saturated carbocycles. The van der Waals surface area contributed by atoms with Crippen molar-refractivity contribution in [2.75, 3.05) is 18.0 Å². The summed E-state index contributed by atoms with van der Waals surface area (Å²) in [5.74, 6) is -1.06. The lowest BCUT2D eigenvalue weighted by Crippen LogP contribution is -2.54. The van der Waals surface area contributed by atoms with Gasteiger partial charge in [0.2, 0.25) is 11.8 Å². The van der Waals surface area contributed by atoms with Gasteiger partial charge in [0.05, 0.1) is 17.7 Å². The zero-order valence-corrected chi connectivity index (χ0v) is 24.5. The minimum absolute atomic E-state index is 0.0748. The number of nitrogens with zero attached hydrogens (tertiary/aromatic N) is 2. The third-order valence-electron chi connectivity index (χ3n) is 6.14. The Morgan fingerprint density at radius 1 is 1.00 bits per heavy atom. The molecule has 0 radical (unpaired) electrons. The maximum atomic E-state index is 13.9. The molecular formula is C30H36FN3O5S. The van der Waals surface area contributed by atoms with Crippen molar-refractivity contribution in [3.63, 3.8) is 0 Å². The van der Waals surface area contributed by atoms with Crippen molar-refractivity contribution in [3.8, 4) is 5.75 Å². The van der Waals surface area contributed by atoms with Crippen LogP contribution in [-0.2, 0) is 26.2 Å². The predicted molar refractivity (Wildman–Crippen MR) is 153 cm³/mol. The highest BCUT2D eigenvalue weighted by Gasteiger charge is 2.33. The van der Waals surface area contributed by atoms with Crippen LogP contribution < -0.4 is 14.4 Å². The molecular weight excluding hydrogens is 533 g/mol. The summed E-state index contributed by atoms with van der Waals surface area (Å²) in [7, 11) is -2.80. The Morgan fingerprint density at radius 2 is 1.62 bits per heavy atom. The third kappa shape index (κ3) is 7.81. The number of halogens is 1. The second-order valence-corrected chi connectivity index (χ2v) is 12.5. The summed E-state index contributed by atoms with van der Waals surface area (Å²) < 4.78 is 47.4. The van der Waals surface area contributed by atoms with Gasteiger partial charge in [0.1, 0.15) is 24.2 Å². The van der Waals surface area contributed by atoms with Gasteiger partial charge in [-0.1, -0.05) is 29.8 Å². The molecule has 0 fully saturated rings. The van der Waals surface area contributed by atoms with Crippen LogP contribution in [0.4, 0.5) is 10.1 Å². The molecule has 1 atom stereocenters. The zero-order chi connectivity index (χ0) is 29.7. The number of amides is 2. The molecule has 0 bridgehead atoms. The van der Waals surface area contributed by atoms with Crippen molar-refractivity contribution in [2.45, 2.75) is 57.6 Å². The molecule has 2 amide bonds. The van der Waals surface area contributed by atoms with Crippen molar-refractivity contribution in [2.24, 2.45) is 0 Å². The minimum atomic E-state index is -4.27. The van der Waals surface area contributed by atoms with Gasteiger partial charge in [-0.2, -0.15) is 0 Å². The molecule has 3 aromatic carbocycles. The predicted octanol–water partition coefficient (Wildman–Crippen LogP) is 4.67. The lowest BCUT2D eigenvalue weighted by atomic mass is 10.1. The molecule has 0 aliphatic rings. The maximum absolute atomic E-state index is 13.9. The Labute approximate surface area is 235 Å². The molecule has 3 aromatic rings. The molecule has 0 unspecified atom stereocenters. The number of hydrogen-bond donors (Lipinski definition) is 1. The molecule has 3 rings (SSSR count). The van der Waals surface area contributed by atoms with Gasteiger partial charge in [-0.15, -0.1) is 0 Å². The van der Waals surface area contributed by atoms with Crippen LogP contribution in [0, 0.1) is 12.7 Å². The Kier molecular flexibility index (Phi) is 9.57. The Hall–Kier alpha value is -3.92. The van der Waals surface area contributed by atoms with E-state index in [1.807, 2.05) is 52.0 Å². The number of benzene rings is 3. The Bertz CT molecular complexity index is 1440. The van der Waals surface area contributed by atoms with Gasteiger partial charge >= 0.3 is 0 Å². The standard InChI is InChI=1S/C30H36FN3O5S/c1-21-8-7-9-23(18-21)19-33(22(2)29(36)32-30(3,4)5)28(35)20-34(25-12-10-24(31)11-13-25)40(37,38)27-16-14-26(39-6)15-17-27/h7-18,22H,19-20H2,1-6H3,(H,32,36)/t22-/m1/s1. The van der Waals surface area contributed by atoms with Crippen LogP contribution in [0.25, 0.3) is 0 Å². The zero-order valence-electron chi connectivity index (χ0n) is 23.6. The number of ether oxygens (including phenoxy) is 1. The number of rotatable bonds is 10. The molecule has 214 valence electrons. The first-order valence-corrected chi connectivity index (χ1v) is 14.2. The van der Waals surface area contributed by atoms with E-state index in [0.717, 1.165) is 27.6 Å². The SMILES string of the molecule is COc1ccc(S(=O)(=O)N(CC(=O)N(Cc2cccc(C)c2)[C@H](C)C(=O)NC(C)(C)C)c2ccc(F)cc2)cc1. The Balaban J connectivity index is 2.03. The van der Waals surface area contributed by atoms with Gasteiger partial charge in [0.25, 0.3) is 10.0 Å².